The third-order valence-electron chi connectivity index (χ3n) is 4.20. The molecule has 0 saturated carbocycles. The summed E-state index contributed by atoms with van der Waals surface area (Å²) in [6.45, 7) is 6.59. The molecule has 0 aliphatic carbocycles. The minimum atomic E-state index is 0.0264. The van der Waals surface area contributed by atoms with Crippen LogP contribution in [0.4, 0.5) is 0 Å². The molecule has 0 fully saturated rings. The molecule has 3 rings (SSSR count). The van der Waals surface area contributed by atoms with Crippen LogP contribution in [-0.4, -0.2) is 10.2 Å². The Morgan fingerprint density at radius 2 is 0.917 bits per heavy atom. The van der Waals surface area contributed by atoms with E-state index in [9.17, 15) is 10.2 Å². The summed E-state index contributed by atoms with van der Waals surface area (Å²) in [6.07, 6.45) is 0. The smallest absolute Gasteiger partial charge is 0.115 e. The number of hydrogen-bond donors (Lipinski definition) is 2. The van der Waals surface area contributed by atoms with Crippen molar-refractivity contribution >= 4 is 0 Å². The van der Waals surface area contributed by atoms with E-state index in [1.54, 1.807) is 24.3 Å². The number of aromatic hydroxyl groups is 2. The number of benzene rings is 3. The van der Waals surface area contributed by atoms with Gasteiger partial charge in [-0.15, -0.1) is 0 Å². The molecule has 0 bridgehead atoms. The van der Waals surface area contributed by atoms with Gasteiger partial charge >= 0.3 is 0 Å². The molecule has 3 aromatic carbocycles. The van der Waals surface area contributed by atoms with Crippen molar-refractivity contribution in [2.24, 2.45) is 0 Å². The van der Waals surface area contributed by atoms with Crippen LogP contribution in [0.2, 0.25) is 0 Å². The highest BCUT2D eigenvalue weighted by Gasteiger charge is 2.16. The van der Waals surface area contributed by atoms with Gasteiger partial charge in [0.2, 0.25) is 0 Å². The van der Waals surface area contributed by atoms with Crippen LogP contribution >= 0.6 is 0 Å². The lowest BCUT2D eigenvalue weighted by Crippen LogP contribution is -2.11. The fraction of sp³-hybridized carbons (Fsp3) is 0.182. The van der Waals surface area contributed by atoms with Gasteiger partial charge < -0.3 is 10.2 Å². The predicted molar refractivity (Wildman–Crippen MR) is 99.3 cm³/mol. The van der Waals surface area contributed by atoms with E-state index in [-0.39, 0.29) is 16.9 Å². The van der Waals surface area contributed by atoms with Gasteiger partial charge in [0.05, 0.1) is 0 Å². The molecule has 0 amide bonds. The SMILES string of the molecule is CC(C)(C)c1cc(-c2ccc(O)cc2)cc(-c2ccc(O)cc2)c1. The van der Waals surface area contributed by atoms with Crippen molar-refractivity contribution in [3.8, 4) is 33.8 Å². The topological polar surface area (TPSA) is 40.5 Å². The van der Waals surface area contributed by atoms with Gasteiger partial charge in [-0.1, -0.05) is 57.2 Å². The third-order valence-corrected chi connectivity index (χ3v) is 4.20. The molecule has 24 heavy (non-hydrogen) atoms. The van der Waals surface area contributed by atoms with Crippen molar-refractivity contribution in [3.63, 3.8) is 0 Å². The lowest BCUT2D eigenvalue weighted by atomic mass is 9.83. The molecular formula is C22H22O2. The molecule has 0 atom stereocenters. The molecule has 2 heteroatoms. The minimum absolute atomic E-state index is 0.0264. The lowest BCUT2D eigenvalue weighted by Gasteiger charge is -2.22. The molecule has 0 radical (unpaired) electrons. The Kier molecular flexibility index (Phi) is 4.06. The van der Waals surface area contributed by atoms with E-state index >= 15 is 0 Å². The quantitative estimate of drug-likeness (QED) is 0.633. The molecule has 3 aromatic rings. The Morgan fingerprint density at radius 1 is 0.542 bits per heavy atom. The highest BCUT2D eigenvalue weighted by molar-refractivity contribution is 5.75. The van der Waals surface area contributed by atoms with Gasteiger partial charge in [0.15, 0.2) is 0 Å². The summed E-state index contributed by atoms with van der Waals surface area (Å²) in [4.78, 5) is 0. The molecule has 122 valence electrons. The molecule has 0 unspecified atom stereocenters. The average molecular weight is 318 g/mol. The van der Waals surface area contributed by atoms with Crippen molar-refractivity contribution in [1.82, 2.24) is 0 Å². The summed E-state index contributed by atoms with van der Waals surface area (Å²) in [5.41, 5.74) is 5.64. The lowest BCUT2D eigenvalue weighted by molar-refractivity contribution is 0.475. The van der Waals surface area contributed by atoms with Gasteiger partial charge in [0.25, 0.3) is 0 Å². The zero-order valence-electron chi connectivity index (χ0n) is 14.2. The molecule has 2 nitrogen and oxygen atoms in total. The summed E-state index contributed by atoms with van der Waals surface area (Å²) in [7, 11) is 0. The zero-order chi connectivity index (χ0) is 17.3. The van der Waals surface area contributed by atoms with E-state index in [1.807, 2.05) is 24.3 Å². The van der Waals surface area contributed by atoms with Gasteiger partial charge in [0, 0.05) is 0 Å². The fourth-order valence-corrected chi connectivity index (χ4v) is 2.70. The van der Waals surface area contributed by atoms with Crippen LogP contribution in [0.5, 0.6) is 11.5 Å². The third kappa shape index (κ3) is 3.43. The molecular weight excluding hydrogens is 296 g/mol. The number of phenols is 2. The van der Waals surface area contributed by atoms with Gasteiger partial charge in [-0.2, -0.15) is 0 Å². The van der Waals surface area contributed by atoms with E-state index < -0.39 is 0 Å². The van der Waals surface area contributed by atoms with Crippen LogP contribution in [0.25, 0.3) is 22.3 Å². The number of rotatable bonds is 2. The number of hydrogen-bond acceptors (Lipinski definition) is 2. The van der Waals surface area contributed by atoms with Crippen LogP contribution in [0.15, 0.2) is 66.7 Å². The summed E-state index contributed by atoms with van der Waals surface area (Å²) in [5.74, 6) is 0.536. The Balaban J connectivity index is 2.17. The van der Waals surface area contributed by atoms with E-state index in [4.69, 9.17) is 0 Å². The first-order valence-electron chi connectivity index (χ1n) is 8.07. The van der Waals surface area contributed by atoms with Crippen molar-refractivity contribution in [3.05, 3.63) is 72.3 Å². The Hall–Kier alpha value is -2.74. The maximum Gasteiger partial charge on any atom is 0.115 e. The predicted octanol–water partition coefficient (Wildman–Crippen LogP) is 5.73. The van der Waals surface area contributed by atoms with Crippen molar-refractivity contribution in [2.75, 3.05) is 0 Å². The van der Waals surface area contributed by atoms with Gasteiger partial charge in [-0.3, -0.25) is 0 Å². The summed E-state index contributed by atoms with van der Waals surface area (Å²) in [5, 5.41) is 19.0. The second-order valence-corrected chi connectivity index (χ2v) is 7.14. The summed E-state index contributed by atoms with van der Waals surface area (Å²) < 4.78 is 0. The zero-order valence-corrected chi connectivity index (χ0v) is 14.2. The normalized spacial score (nSPS) is 11.5. The molecule has 0 aromatic heterocycles. The summed E-state index contributed by atoms with van der Waals surface area (Å²) in [6, 6.07) is 21.1. The standard InChI is InChI=1S/C22H22O2/c1-22(2,3)19-13-17(15-4-8-20(23)9-5-15)12-18(14-19)16-6-10-21(24)11-7-16/h4-14,23-24H,1-3H3. The maximum absolute atomic E-state index is 9.52. The van der Waals surface area contributed by atoms with E-state index in [1.165, 1.54) is 5.56 Å². The largest absolute Gasteiger partial charge is 0.508 e. The Morgan fingerprint density at radius 3 is 1.25 bits per heavy atom. The van der Waals surface area contributed by atoms with E-state index in [2.05, 4.69) is 39.0 Å². The van der Waals surface area contributed by atoms with E-state index in [0.29, 0.717) is 0 Å². The molecule has 0 aliphatic rings. The van der Waals surface area contributed by atoms with Crippen LogP contribution < -0.4 is 0 Å². The Labute approximate surface area is 143 Å². The first kappa shape index (κ1) is 16.1. The number of phenolic OH excluding ortho intramolecular Hbond substituents is 2. The highest BCUT2D eigenvalue weighted by Crippen LogP contribution is 2.34. The van der Waals surface area contributed by atoms with Crippen LogP contribution in [0.3, 0.4) is 0 Å². The minimum Gasteiger partial charge on any atom is -0.508 e. The highest BCUT2D eigenvalue weighted by atomic mass is 16.3. The molecule has 2 N–H and O–H groups in total. The van der Waals surface area contributed by atoms with Crippen LogP contribution in [0.1, 0.15) is 26.3 Å². The van der Waals surface area contributed by atoms with Gasteiger partial charge in [-0.05, 0) is 63.6 Å². The first-order valence-corrected chi connectivity index (χ1v) is 8.07. The molecule has 0 aliphatic heterocycles. The van der Waals surface area contributed by atoms with Crippen molar-refractivity contribution in [1.29, 1.82) is 0 Å². The molecule has 0 saturated heterocycles. The average Bonchev–Trinajstić information content (AvgIpc) is 2.55. The Bertz CT molecular complexity index is 775. The van der Waals surface area contributed by atoms with Crippen molar-refractivity contribution in [2.45, 2.75) is 26.2 Å². The second-order valence-electron chi connectivity index (χ2n) is 7.14. The van der Waals surface area contributed by atoms with E-state index in [0.717, 1.165) is 22.3 Å². The van der Waals surface area contributed by atoms with Gasteiger partial charge in [0.1, 0.15) is 11.5 Å². The monoisotopic (exact) mass is 318 g/mol. The maximum atomic E-state index is 9.52. The molecule has 0 heterocycles. The summed E-state index contributed by atoms with van der Waals surface area (Å²) >= 11 is 0. The first-order chi connectivity index (χ1) is 11.3. The van der Waals surface area contributed by atoms with Gasteiger partial charge in [-0.25, -0.2) is 0 Å². The van der Waals surface area contributed by atoms with Crippen LogP contribution in [0, 0.1) is 0 Å². The van der Waals surface area contributed by atoms with Crippen LogP contribution in [-0.2, 0) is 5.41 Å². The second kappa shape index (κ2) is 6.04. The molecule has 0 spiro atoms. The fourth-order valence-electron chi connectivity index (χ4n) is 2.70. The van der Waals surface area contributed by atoms with Crippen molar-refractivity contribution < 1.29 is 10.2 Å².